The van der Waals surface area contributed by atoms with Crippen LogP contribution in [-0.2, 0) is 47.2 Å². The van der Waals surface area contributed by atoms with E-state index in [1.165, 1.54) is 71.8 Å². The van der Waals surface area contributed by atoms with Crippen LogP contribution in [0.25, 0.3) is 11.0 Å². The third-order valence-electron chi connectivity index (χ3n) is 10.9. The maximum absolute atomic E-state index is 13.7. The van der Waals surface area contributed by atoms with Crippen LogP contribution in [0.4, 0.5) is 11.4 Å². The minimum absolute atomic E-state index is 0.0127. The van der Waals surface area contributed by atoms with E-state index < -0.39 is 32.0 Å². The van der Waals surface area contributed by atoms with Gasteiger partial charge in [-0.1, -0.05) is 58.5 Å². The fourth-order valence-corrected chi connectivity index (χ4v) is 11.4. The Bertz CT molecular complexity index is 3670. The van der Waals surface area contributed by atoms with Gasteiger partial charge in [-0.05, 0) is 97.8 Å². The number of carboxylic acid groups (broad SMARTS) is 1. The van der Waals surface area contributed by atoms with Crippen LogP contribution in [0.5, 0.6) is 34.5 Å². The summed E-state index contributed by atoms with van der Waals surface area (Å²) in [5.41, 5.74) is 3.93. The maximum atomic E-state index is 13.7. The number of fused-ring (bicyclic) bond motifs is 2. The molecule has 8 rings (SSSR count). The lowest BCUT2D eigenvalue weighted by Gasteiger charge is -2.24. The zero-order valence-electron chi connectivity index (χ0n) is 39.8. The van der Waals surface area contributed by atoms with Crippen LogP contribution in [0.3, 0.4) is 0 Å². The number of halogens is 4. The number of pyridine rings is 2. The first-order valence-corrected chi connectivity index (χ1v) is 25.8. The molecule has 24 heteroatoms. The molecule has 1 N–H and O–H groups in total. The monoisotopic (exact) mass is 1110 g/mol. The summed E-state index contributed by atoms with van der Waals surface area (Å²) in [6.45, 7) is 3.58. The summed E-state index contributed by atoms with van der Waals surface area (Å²) < 4.78 is 87.8. The highest BCUT2D eigenvalue weighted by atomic mass is 35.5. The fourth-order valence-electron chi connectivity index (χ4n) is 7.47. The molecule has 382 valence electrons. The van der Waals surface area contributed by atoms with Crippen molar-refractivity contribution in [1.29, 1.82) is 0 Å². The quantitative estimate of drug-likeness (QED) is 0.0893. The molecule has 18 nitrogen and oxygen atoms in total. The van der Waals surface area contributed by atoms with Gasteiger partial charge in [-0.25, -0.2) is 25.9 Å². The number of hydrogen-bond donors (Lipinski definition) is 1. The van der Waals surface area contributed by atoms with Gasteiger partial charge in [-0.3, -0.25) is 18.2 Å². The Kier molecular flexibility index (Phi) is 16.3. The highest BCUT2D eigenvalue weighted by molar-refractivity contribution is 7.93. The molecule has 0 spiro atoms. The number of ether oxygens (including phenoxy) is 5. The predicted octanol–water partition coefficient (Wildman–Crippen LogP) is 10.5. The Morgan fingerprint density at radius 2 is 0.973 bits per heavy atom. The van der Waals surface area contributed by atoms with Crippen molar-refractivity contribution in [2.75, 3.05) is 44.0 Å². The molecule has 0 saturated carbocycles. The summed E-state index contributed by atoms with van der Waals surface area (Å²) in [6, 6.07) is 24.7. The van der Waals surface area contributed by atoms with Gasteiger partial charge in [0.15, 0.2) is 34.5 Å². The summed E-state index contributed by atoms with van der Waals surface area (Å²) in [7, 11) is -1.29. The van der Waals surface area contributed by atoms with Gasteiger partial charge in [-0.15, -0.1) is 0 Å². The first kappa shape index (κ1) is 53.8. The van der Waals surface area contributed by atoms with Crippen LogP contribution < -0.4 is 27.6 Å². The first-order valence-electron chi connectivity index (χ1n) is 21.4. The van der Waals surface area contributed by atoms with Gasteiger partial charge in [0.1, 0.15) is 21.2 Å². The van der Waals surface area contributed by atoms with E-state index in [2.05, 4.69) is 10.2 Å². The molecule has 4 aromatic carbocycles. The Morgan fingerprint density at radius 3 is 1.34 bits per heavy atom. The van der Waals surface area contributed by atoms with Crippen LogP contribution in [0.1, 0.15) is 22.5 Å². The standard InChI is InChI=1S/C25H23Cl2N3O6S.C24H21Cl2N3O6S/c1-15-11-19-25(29(2)37(32,33)23-8-6-17(26)14-18(23)27)21(9-10-30(19)28-15)36-20-7-5-16(12-22(20)34-3)13-24(31)35-4;1-14-10-18-24(28(2)36(32,33)22-7-5-16(25)13-17(22)26)20(8-9-29(18)27-14)35-19-6-4-15(12-23(30)31)11-21(19)34-3/h5-12,14H,13H2,1-4H3;4-11,13H,12H2,1-3H3,(H,30,31). The number of aliphatic carboxylic acids is 1. The zero-order valence-corrected chi connectivity index (χ0v) is 44.4. The highest BCUT2D eigenvalue weighted by Gasteiger charge is 2.31. The summed E-state index contributed by atoms with van der Waals surface area (Å²) >= 11 is 24.4. The van der Waals surface area contributed by atoms with E-state index >= 15 is 0 Å². The molecule has 0 aliphatic rings. The number of nitrogens with zero attached hydrogens (tertiary/aromatic N) is 6. The molecule has 0 atom stereocenters. The van der Waals surface area contributed by atoms with Crippen LogP contribution in [0, 0.1) is 13.8 Å². The van der Waals surface area contributed by atoms with Crippen molar-refractivity contribution in [3.63, 3.8) is 0 Å². The second kappa shape index (κ2) is 22.0. The van der Waals surface area contributed by atoms with Crippen molar-refractivity contribution in [1.82, 2.24) is 19.2 Å². The van der Waals surface area contributed by atoms with Crippen molar-refractivity contribution in [2.45, 2.75) is 36.5 Å². The molecule has 0 aliphatic heterocycles. The fraction of sp³-hybridized carbons (Fsp3) is 0.184. The number of aryl methyl sites for hydroxylation is 2. The number of carbonyl (C=O) groups is 2. The van der Waals surface area contributed by atoms with Crippen LogP contribution >= 0.6 is 46.4 Å². The molecular weight excluding hydrogens is 1070 g/mol. The van der Waals surface area contributed by atoms with E-state index in [1.807, 2.05) is 0 Å². The molecular formula is C49H44Cl4N6O12S2. The van der Waals surface area contributed by atoms with Crippen molar-refractivity contribution in [3.8, 4) is 34.5 Å². The molecule has 8 aromatic rings. The number of esters is 1. The maximum Gasteiger partial charge on any atom is 0.309 e. The minimum Gasteiger partial charge on any atom is -0.493 e. The Morgan fingerprint density at radius 1 is 0.562 bits per heavy atom. The smallest absolute Gasteiger partial charge is 0.309 e. The van der Waals surface area contributed by atoms with Crippen molar-refractivity contribution in [2.24, 2.45) is 0 Å². The van der Waals surface area contributed by atoms with E-state index in [4.69, 9.17) is 75.2 Å². The largest absolute Gasteiger partial charge is 0.493 e. The first-order chi connectivity index (χ1) is 34.5. The summed E-state index contributed by atoms with van der Waals surface area (Å²) in [5.74, 6) is 0.260. The van der Waals surface area contributed by atoms with Gasteiger partial charge in [0.2, 0.25) is 0 Å². The summed E-state index contributed by atoms with van der Waals surface area (Å²) in [4.78, 5) is 22.5. The summed E-state index contributed by atoms with van der Waals surface area (Å²) in [6.07, 6.45) is 3.17. The van der Waals surface area contributed by atoms with Crippen molar-refractivity contribution < 1.29 is 55.2 Å². The average Bonchev–Trinajstić information content (AvgIpc) is 3.92. The third kappa shape index (κ3) is 11.6. The van der Waals surface area contributed by atoms with Gasteiger partial charge in [0, 0.05) is 48.7 Å². The Balaban J connectivity index is 0.000000214. The van der Waals surface area contributed by atoms with Gasteiger partial charge in [0.05, 0.1) is 66.6 Å². The molecule has 0 unspecified atom stereocenters. The molecule has 0 bridgehead atoms. The average molecular weight is 1110 g/mol. The normalized spacial score (nSPS) is 11.4. The van der Waals surface area contributed by atoms with E-state index in [9.17, 15) is 26.4 Å². The number of methoxy groups -OCH3 is 3. The lowest BCUT2D eigenvalue weighted by molar-refractivity contribution is -0.140. The highest BCUT2D eigenvalue weighted by Crippen LogP contribution is 2.44. The zero-order chi connectivity index (χ0) is 53.1. The molecule has 73 heavy (non-hydrogen) atoms. The van der Waals surface area contributed by atoms with Gasteiger partial charge in [-0.2, -0.15) is 10.2 Å². The number of carboxylic acids is 1. The van der Waals surface area contributed by atoms with E-state index in [0.29, 0.717) is 55.1 Å². The minimum atomic E-state index is -4.15. The van der Waals surface area contributed by atoms with Crippen LogP contribution in [0.2, 0.25) is 20.1 Å². The molecule has 0 fully saturated rings. The number of benzene rings is 4. The van der Waals surface area contributed by atoms with E-state index in [-0.39, 0.29) is 67.1 Å². The molecule has 4 aromatic heterocycles. The molecule has 0 aliphatic carbocycles. The number of sulfonamides is 2. The van der Waals surface area contributed by atoms with Crippen molar-refractivity contribution >= 4 is 101 Å². The lowest BCUT2D eigenvalue weighted by Crippen LogP contribution is -2.27. The van der Waals surface area contributed by atoms with E-state index in [1.54, 1.807) is 95.9 Å². The number of rotatable bonds is 16. The van der Waals surface area contributed by atoms with Crippen LogP contribution in [0.15, 0.2) is 119 Å². The Labute approximate surface area is 439 Å². The topological polar surface area (TPSA) is 210 Å². The molecule has 0 amide bonds. The molecule has 0 saturated heterocycles. The lowest BCUT2D eigenvalue weighted by atomic mass is 10.1. The Hall–Kier alpha value is -6.94. The second-order valence-electron chi connectivity index (χ2n) is 15.9. The molecule has 4 heterocycles. The van der Waals surface area contributed by atoms with E-state index in [0.717, 1.165) is 8.61 Å². The van der Waals surface area contributed by atoms with Gasteiger partial charge < -0.3 is 28.8 Å². The van der Waals surface area contributed by atoms with Gasteiger partial charge in [0.25, 0.3) is 20.0 Å². The third-order valence-corrected chi connectivity index (χ3v) is 15.9. The number of hydrogen-bond acceptors (Lipinski definition) is 13. The van der Waals surface area contributed by atoms with Crippen LogP contribution in [-0.4, -0.2) is 88.5 Å². The predicted molar refractivity (Wildman–Crippen MR) is 277 cm³/mol. The number of anilines is 2. The second-order valence-corrected chi connectivity index (χ2v) is 21.4. The molecule has 0 radical (unpaired) electrons. The van der Waals surface area contributed by atoms with Crippen molar-refractivity contribution in [3.05, 3.63) is 152 Å². The number of aromatic nitrogens is 4. The van der Waals surface area contributed by atoms with Gasteiger partial charge >= 0.3 is 11.9 Å². The SMILES string of the molecule is COC(=O)Cc1ccc(Oc2ccn3nc(C)cc3c2N(C)S(=O)(=O)c2ccc(Cl)cc2Cl)c(OC)c1.COc1cc(CC(=O)O)ccc1Oc1ccn2nc(C)cc2c1N(C)S(=O)(=O)c1ccc(Cl)cc1Cl. The number of carbonyl (C=O) groups excluding carboxylic acids is 1. The summed E-state index contributed by atoms with van der Waals surface area (Å²) in [5, 5.41) is 18.4.